The number of amides is 1. The van der Waals surface area contributed by atoms with Crippen LogP contribution in [0.5, 0.6) is 11.5 Å². The van der Waals surface area contributed by atoms with Crippen LogP contribution in [0.3, 0.4) is 0 Å². The summed E-state index contributed by atoms with van der Waals surface area (Å²) in [7, 11) is 1.56. The maximum Gasteiger partial charge on any atom is 0.269 e. The van der Waals surface area contributed by atoms with E-state index in [0.717, 1.165) is 5.56 Å². The van der Waals surface area contributed by atoms with Gasteiger partial charge < -0.3 is 14.8 Å². The number of hydrogen-bond acceptors (Lipinski definition) is 8. The summed E-state index contributed by atoms with van der Waals surface area (Å²) in [5, 5.41) is 21.6. The van der Waals surface area contributed by atoms with Gasteiger partial charge in [0.15, 0.2) is 16.7 Å². The van der Waals surface area contributed by atoms with Crippen molar-refractivity contribution in [3.63, 3.8) is 0 Å². The van der Waals surface area contributed by atoms with E-state index in [1.807, 2.05) is 13.0 Å². The van der Waals surface area contributed by atoms with Gasteiger partial charge in [-0.15, -0.1) is 5.10 Å². The van der Waals surface area contributed by atoms with Crippen molar-refractivity contribution < 1.29 is 19.2 Å². The molecule has 156 valence electrons. The number of nitro benzene ring substituents is 1. The topological polar surface area (TPSA) is 115 Å². The number of nitro groups is 1. The van der Waals surface area contributed by atoms with E-state index in [-0.39, 0.29) is 11.6 Å². The lowest BCUT2D eigenvalue weighted by atomic mass is 10.1. The molecule has 1 unspecified atom stereocenters. The van der Waals surface area contributed by atoms with Crippen molar-refractivity contribution in [2.24, 2.45) is 10.2 Å². The highest BCUT2D eigenvalue weighted by atomic mass is 32.2. The molecule has 0 aliphatic carbocycles. The van der Waals surface area contributed by atoms with E-state index < -0.39 is 10.2 Å². The molecule has 1 fully saturated rings. The predicted octanol–water partition coefficient (Wildman–Crippen LogP) is 3.17. The number of carbonyl (C=O) groups is 1. The molecule has 0 spiro atoms. The number of ether oxygens (including phenoxy) is 2. The molecule has 0 bridgehead atoms. The number of nitrogens with zero attached hydrogens (tertiary/aromatic N) is 3. The van der Waals surface area contributed by atoms with Crippen LogP contribution in [0.1, 0.15) is 18.1 Å². The van der Waals surface area contributed by atoms with Gasteiger partial charge in [0, 0.05) is 12.1 Å². The lowest BCUT2D eigenvalue weighted by Gasteiger charge is -2.09. The van der Waals surface area contributed by atoms with Crippen LogP contribution in [0.2, 0.25) is 0 Å². The fourth-order valence-corrected chi connectivity index (χ4v) is 3.75. The van der Waals surface area contributed by atoms with Gasteiger partial charge in [-0.2, -0.15) is 5.10 Å². The average Bonchev–Trinajstić information content (AvgIpc) is 3.08. The van der Waals surface area contributed by atoms with Crippen LogP contribution in [0, 0.1) is 10.1 Å². The number of benzene rings is 2. The predicted molar refractivity (Wildman–Crippen MR) is 116 cm³/mol. The van der Waals surface area contributed by atoms with Crippen LogP contribution in [0.4, 0.5) is 5.69 Å². The van der Waals surface area contributed by atoms with Crippen LogP contribution in [-0.2, 0) is 11.2 Å². The highest BCUT2D eigenvalue weighted by Gasteiger charge is 2.30. The first kappa shape index (κ1) is 21.3. The van der Waals surface area contributed by atoms with E-state index in [0.29, 0.717) is 35.3 Å². The standard InChI is InChI=1S/C20H20N4O5S/c1-3-29-16-8-7-14(10-17(16)28-2)12-21-23-20-22-19(25)18(30-20)11-13-5-4-6-15(9-13)24(26)27/h4-10,12,18H,3,11H2,1-2H3,(H,22,23,25)/b21-12+. The number of amidine groups is 1. The Bertz CT molecular complexity index is 1010. The second-order valence-electron chi connectivity index (χ2n) is 6.22. The van der Waals surface area contributed by atoms with Gasteiger partial charge in [0.2, 0.25) is 5.91 Å². The Morgan fingerprint density at radius 2 is 2.10 bits per heavy atom. The van der Waals surface area contributed by atoms with Crippen molar-refractivity contribution in [3.05, 3.63) is 63.7 Å². The number of methoxy groups -OCH3 is 1. The first-order chi connectivity index (χ1) is 14.5. The molecule has 3 rings (SSSR count). The monoisotopic (exact) mass is 428 g/mol. The lowest BCUT2D eigenvalue weighted by Crippen LogP contribution is -2.25. The van der Waals surface area contributed by atoms with Crippen LogP contribution in [0.25, 0.3) is 0 Å². The quantitative estimate of drug-likeness (QED) is 0.392. The highest BCUT2D eigenvalue weighted by Crippen LogP contribution is 2.28. The molecule has 30 heavy (non-hydrogen) atoms. The Kier molecular flexibility index (Phi) is 7.02. The first-order valence-corrected chi connectivity index (χ1v) is 10.0. The Balaban J connectivity index is 1.64. The first-order valence-electron chi connectivity index (χ1n) is 9.13. The molecule has 9 nitrogen and oxygen atoms in total. The zero-order valence-electron chi connectivity index (χ0n) is 16.4. The van der Waals surface area contributed by atoms with Crippen molar-refractivity contribution in [2.75, 3.05) is 13.7 Å². The summed E-state index contributed by atoms with van der Waals surface area (Å²) in [5.41, 5.74) is 1.48. The maximum absolute atomic E-state index is 12.2. The molecule has 1 heterocycles. The number of thioether (sulfide) groups is 1. The molecular formula is C20H20N4O5S. The number of hydrogen-bond donors (Lipinski definition) is 1. The zero-order valence-corrected chi connectivity index (χ0v) is 17.2. The van der Waals surface area contributed by atoms with E-state index in [4.69, 9.17) is 9.47 Å². The van der Waals surface area contributed by atoms with E-state index in [2.05, 4.69) is 15.5 Å². The van der Waals surface area contributed by atoms with Crippen molar-refractivity contribution in [2.45, 2.75) is 18.6 Å². The van der Waals surface area contributed by atoms with Gasteiger partial charge >= 0.3 is 0 Å². The number of nitrogens with one attached hydrogen (secondary N) is 1. The fourth-order valence-electron chi connectivity index (χ4n) is 2.78. The van der Waals surface area contributed by atoms with E-state index in [1.54, 1.807) is 37.6 Å². The van der Waals surface area contributed by atoms with Gasteiger partial charge in [-0.05, 0) is 42.7 Å². The molecular weight excluding hydrogens is 408 g/mol. The minimum atomic E-state index is -0.455. The summed E-state index contributed by atoms with van der Waals surface area (Å²) >= 11 is 1.24. The van der Waals surface area contributed by atoms with Crippen LogP contribution >= 0.6 is 11.8 Å². The van der Waals surface area contributed by atoms with E-state index in [9.17, 15) is 14.9 Å². The summed E-state index contributed by atoms with van der Waals surface area (Å²) in [5.74, 6) is 1.03. The molecule has 0 saturated carbocycles. The third-order valence-electron chi connectivity index (χ3n) is 4.16. The van der Waals surface area contributed by atoms with Gasteiger partial charge in [0.25, 0.3) is 5.69 Å². The minimum Gasteiger partial charge on any atom is -0.493 e. The Morgan fingerprint density at radius 3 is 2.83 bits per heavy atom. The smallest absolute Gasteiger partial charge is 0.269 e. The van der Waals surface area contributed by atoms with Gasteiger partial charge in [-0.25, -0.2) is 0 Å². The summed E-state index contributed by atoms with van der Waals surface area (Å²) in [6.45, 7) is 2.43. The van der Waals surface area contributed by atoms with E-state index in [1.165, 1.54) is 23.9 Å². The maximum atomic E-state index is 12.2. The van der Waals surface area contributed by atoms with Crippen LogP contribution < -0.4 is 14.8 Å². The molecule has 1 amide bonds. The summed E-state index contributed by atoms with van der Waals surface area (Å²) in [6.07, 6.45) is 1.91. The second kappa shape index (κ2) is 9.88. The van der Waals surface area contributed by atoms with E-state index >= 15 is 0 Å². The van der Waals surface area contributed by atoms with Crippen LogP contribution in [-0.4, -0.2) is 41.2 Å². The lowest BCUT2D eigenvalue weighted by molar-refractivity contribution is -0.384. The second-order valence-corrected chi connectivity index (χ2v) is 7.41. The molecule has 2 aromatic rings. The Morgan fingerprint density at radius 1 is 1.27 bits per heavy atom. The number of non-ortho nitro benzene ring substituents is 1. The molecule has 10 heteroatoms. The molecule has 1 aliphatic heterocycles. The molecule has 1 saturated heterocycles. The third-order valence-corrected chi connectivity index (χ3v) is 5.23. The van der Waals surface area contributed by atoms with Gasteiger partial charge in [0.05, 0.1) is 30.1 Å². The molecule has 1 N–H and O–H groups in total. The number of carbonyl (C=O) groups excluding carboxylic acids is 1. The normalized spacial score (nSPS) is 17.3. The highest BCUT2D eigenvalue weighted by molar-refractivity contribution is 8.15. The summed E-state index contributed by atoms with van der Waals surface area (Å²) in [4.78, 5) is 22.6. The van der Waals surface area contributed by atoms with Gasteiger partial charge in [-0.3, -0.25) is 14.9 Å². The molecule has 0 radical (unpaired) electrons. The largest absolute Gasteiger partial charge is 0.493 e. The minimum absolute atomic E-state index is 0.000166. The Hall–Kier alpha value is -3.40. The average molecular weight is 428 g/mol. The SMILES string of the molecule is CCOc1ccc(/C=N/N=C2\NC(=O)C(Cc3cccc([N+](=O)[O-])c3)S2)cc1OC. The zero-order chi connectivity index (χ0) is 21.5. The van der Waals surface area contributed by atoms with Crippen molar-refractivity contribution in [1.29, 1.82) is 0 Å². The fraction of sp³-hybridized carbons (Fsp3) is 0.250. The number of rotatable bonds is 8. The molecule has 1 atom stereocenters. The summed E-state index contributed by atoms with van der Waals surface area (Å²) < 4.78 is 10.8. The molecule has 0 aromatic heterocycles. The van der Waals surface area contributed by atoms with Crippen molar-refractivity contribution in [3.8, 4) is 11.5 Å². The summed E-state index contributed by atoms with van der Waals surface area (Å²) in [6, 6.07) is 11.6. The van der Waals surface area contributed by atoms with Crippen LogP contribution in [0.15, 0.2) is 52.7 Å². The van der Waals surface area contributed by atoms with Gasteiger partial charge in [-0.1, -0.05) is 23.9 Å². The van der Waals surface area contributed by atoms with Crippen molar-refractivity contribution >= 4 is 34.7 Å². The molecule has 2 aromatic carbocycles. The molecule has 1 aliphatic rings. The van der Waals surface area contributed by atoms with Gasteiger partial charge in [0.1, 0.15) is 0 Å². The van der Waals surface area contributed by atoms with Crippen molar-refractivity contribution in [1.82, 2.24) is 5.32 Å². The third kappa shape index (κ3) is 5.35. The Labute approximate surface area is 177 Å².